The van der Waals surface area contributed by atoms with Crippen molar-refractivity contribution in [3.63, 3.8) is 0 Å². The molecule has 72 valence electrons. The quantitative estimate of drug-likeness (QED) is 0.670. The van der Waals surface area contributed by atoms with Gasteiger partial charge in [0.05, 0.1) is 0 Å². The van der Waals surface area contributed by atoms with E-state index in [1.807, 2.05) is 0 Å². The normalized spacial score (nSPS) is 31.5. The molecule has 1 aliphatic heterocycles. The molecule has 0 aromatic rings. The van der Waals surface area contributed by atoms with Crippen molar-refractivity contribution in [1.29, 1.82) is 0 Å². The van der Waals surface area contributed by atoms with Gasteiger partial charge in [-0.2, -0.15) is 0 Å². The zero-order chi connectivity index (χ0) is 9.19. The first-order valence-corrected chi connectivity index (χ1v) is 5.30. The molecule has 12 heavy (non-hydrogen) atoms. The summed E-state index contributed by atoms with van der Waals surface area (Å²) in [5.41, 5.74) is 0.393. The molecule has 1 rings (SSSR count). The summed E-state index contributed by atoms with van der Waals surface area (Å²) < 4.78 is 0. The first-order chi connectivity index (χ1) is 5.55. The van der Waals surface area contributed by atoms with Gasteiger partial charge < -0.3 is 5.32 Å². The van der Waals surface area contributed by atoms with Gasteiger partial charge in [-0.3, -0.25) is 0 Å². The van der Waals surface area contributed by atoms with E-state index in [4.69, 9.17) is 0 Å². The van der Waals surface area contributed by atoms with Crippen molar-refractivity contribution in [2.75, 3.05) is 6.54 Å². The lowest BCUT2D eigenvalue weighted by atomic mass is 9.80. The molecule has 1 fully saturated rings. The Morgan fingerprint density at radius 3 is 2.58 bits per heavy atom. The van der Waals surface area contributed by atoms with Gasteiger partial charge in [0, 0.05) is 5.54 Å². The van der Waals surface area contributed by atoms with E-state index in [0.29, 0.717) is 5.54 Å². The second-order valence-corrected chi connectivity index (χ2v) is 4.95. The molecule has 1 N–H and O–H groups in total. The molecule has 0 spiro atoms. The molecule has 2 atom stereocenters. The van der Waals surface area contributed by atoms with Gasteiger partial charge in [0.15, 0.2) is 0 Å². The van der Waals surface area contributed by atoms with Gasteiger partial charge >= 0.3 is 0 Å². The van der Waals surface area contributed by atoms with Crippen LogP contribution in [0.15, 0.2) is 0 Å². The molecule has 0 amide bonds. The van der Waals surface area contributed by atoms with Crippen LogP contribution in [-0.2, 0) is 0 Å². The minimum Gasteiger partial charge on any atom is -0.312 e. The van der Waals surface area contributed by atoms with Crippen LogP contribution < -0.4 is 5.32 Å². The summed E-state index contributed by atoms with van der Waals surface area (Å²) in [7, 11) is 0. The topological polar surface area (TPSA) is 12.0 Å². The number of hydrogen-bond acceptors (Lipinski definition) is 1. The smallest absolute Gasteiger partial charge is 0.0125 e. The van der Waals surface area contributed by atoms with Crippen LogP contribution in [0.2, 0.25) is 0 Å². The maximum absolute atomic E-state index is 3.62. The summed E-state index contributed by atoms with van der Waals surface area (Å²) in [6.07, 6.45) is 4.07. The molecule has 1 heteroatoms. The molecule has 0 aromatic carbocycles. The summed E-state index contributed by atoms with van der Waals surface area (Å²) in [6.45, 7) is 10.5. The number of rotatable bonds is 2. The lowest BCUT2D eigenvalue weighted by Gasteiger charge is -2.38. The first kappa shape index (κ1) is 10.0. The van der Waals surface area contributed by atoms with Crippen LogP contribution in [0.1, 0.15) is 47.0 Å². The molecular formula is C11H23N. The average molecular weight is 169 g/mol. The van der Waals surface area contributed by atoms with E-state index < -0.39 is 0 Å². The molecule has 2 unspecified atom stereocenters. The van der Waals surface area contributed by atoms with Gasteiger partial charge in [0.25, 0.3) is 0 Å². The summed E-state index contributed by atoms with van der Waals surface area (Å²) in [5, 5.41) is 3.62. The van der Waals surface area contributed by atoms with E-state index in [0.717, 1.165) is 11.8 Å². The predicted octanol–water partition coefficient (Wildman–Crippen LogP) is 2.81. The third kappa shape index (κ3) is 2.48. The molecule has 0 aliphatic carbocycles. The standard InChI is InChI=1S/C11H23N/c1-5-9(2)10-6-7-11(3,4)12-8-10/h9-10,12H,5-8H2,1-4H3. The molecule has 1 heterocycles. The fourth-order valence-electron chi connectivity index (χ4n) is 1.96. The number of piperidine rings is 1. The molecule has 0 radical (unpaired) electrons. The molecule has 1 nitrogen and oxygen atoms in total. The van der Waals surface area contributed by atoms with Crippen molar-refractivity contribution in [2.24, 2.45) is 11.8 Å². The Morgan fingerprint density at radius 2 is 2.17 bits per heavy atom. The van der Waals surface area contributed by atoms with Crippen molar-refractivity contribution >= 4 is 0 Å². The maximum Gasteiger partial charge on any atom is 0.0125 e. The van der Waals surface area contributed by atoms with Crippen LogP contribution >= 0.6 is 0 Å². The number of hydrogen-bond donors (Lipinski definition) is 1. The Labute approximate surface area is 76.9 Å². The Bertz CT molecular complexity index is 130. The third-order valence-electron chi connectivity index (χ3n) is 3.43. The van der Waals surface area contributed by atoms with Crippen molar-refractivity contribution in [3.05, 3.63) is 0 Å². The van der Waals surface area contributed by atoms with Crippen molar-refractivity contribution in [1.82, 2.24) is 5.32 Å². The highest BCUT2D eigenvalue weighted by Gasteiger charge is 2.27. The molecular weight excluding hydrogens is 146 g/mol. The van der Waals surface area contributed by atoms with Gasteiger partial charge in [0.1, 0.15) is 0 Å². The van der Waals surface area contributed by atoms with Crippen molar-refractivity contribution in [2.45, 2.75) is 52.5 Å². The van der Waals surface area contributed by atoms with Gasteiger partial charge in [-0.1, -0.05) is 20.3 Å². The zero-order valence-electron chi connectivity index (χ0n) is 8.98. The van der Waals surface area contributed by atoms with Crippen LogP contribution in [0, 0.1) is 11.8 Å². The molecule has 1 aliphatic rings. The summed E-state index contributed by atoms with van der Waals surface area (Å²) >= 11 is 0. The van der Waals surface area contributed by atoms with Crippen LogP contribution in [-0.4, -0.2) is 12.1 Å². The van der Waals surface area contributed by atoms with E-state index >= 15 is 0 Å². The van der Waals surface area contributed by atoms with Gasteiger partial charge in [-0.15, -0.1) is 0 Å². The SMILES string of the molecule is CCC(C)C1CCC(C)(C)NC1. The first-order valence-electron chi connectivity index (χ1n) is 5.30. The Morgan fingerprint density at radius 1 is 1.50 bits per heavy atom. The zero-order valence-corrected chi connectivity index (χ0v) is 8.98. The summed E-state index contributed by atoms with van der Waals surface area (Å²) in [6, 6.07) is 0. The second-order valence-electron chi connectivity index (χ2n) is 4.95. The molecule has 0 bridgehead atoms. The van der Waals surface area contributed by atoms with Crippen molar-refractivity contribution < 1.29 is 0 Å². The minimum absolute atomic E-state index is 0.393. The van der Waals surface area contributed by atoms with E-state index in [-0.39, 0.29) is 0 Å². The molecule has 0 aromatic heterocycles. The van der Waals surface area contributed by atoms with Gasteiger partial charge in [-0.05, 0) is 45.1 Å². The lowest BCUT2D eigenvalue weighted by molar-refractivity contribution is 0.193. The summed E-state index contributed by atoms with van der Waals surface area (Å²) in [5.74, 6) is 1.82. The third-order valence-corrected chi connectivity index (χ3v) is 3.43. The average Bonchev–Trinajstić information content (AvgIpc) is 2.03. The Balaban J connectivity index is 2.36. The van der Waals surface area contributed by atoms with Crippen LogP contribution in [0.25, 0.3) is 0 Å². The summed E-state index contributed by atoms with van der Waals surface area (Å²) in [4.78, 5) is 0. The molecule has 1 saturated heterocycles. The van der Waals surface area contributed by atoms with Gasteiger partial charge in [-0.25, -0.2) is 0 Å². The number of nitrogens with one attached hydrogen (secondary N) is 1. The van der Waals surface area contributed by atoms with Crippen LogP contribution in [0.4, 0.5) is 0 Å². The highest BCUT2D eigenvalue weighted by Crippen LogP contribution is 2.28. The van der Waals surface area contributed by atoms with Crippen molar-refractivity contribution in [3.8, 4) is 0 Å². The fourth-order valence-corrected chi connectivity index (χ4v) is 1.96. The highest BCUT2D eigenvalue weighted by molar-refractivity contribution is 4.86. The highest BCUT2D eigenvalue weighted by atomic mass is 15.0. The largest absolute Gasteiger partial charge is 0.312 e. The van der Waals surface area contributed by atoms with E-state index in [1.165, 1.54) is 25.8 Å². The maximum atomic E-state index is 3.62. The monoisotopic (exact) mass is 169 g/mol. The lowest BCUT2D eigenvalue weighted by Crippen LogP contribution is -2.47. The second kappa shape index (κ2) is 3.78. The van der Waals surface area contributed by atoms with E-state index in [2.05, 4.69) is 33.0 Å². The molecule has 0 saturated carbocycles. The predicted molar refractivity (Wildman–Crippen MR) is 54.3 cm³/mol. The Hall–Kier alpha value is -0.0400. The van der Waals surface area contributed by atoms with Crippen LogP contribution in [0.5, 0.6) is 0 Å². The van der Waals surface area contributed by atoms with E-state index in [9.17, 15) is 0 Å². The fraction of sp³-hybridized carbons (Fsp3) is 1.00. The minimum atomic E-state index is 0.393. The van der Waals surface area contributed by atoms with Crippen LogP contribution in [0.3, 0.4) is 0 Å². The van der Waals surface area contributed by atoms with Gasteiger partial charge in [0.2, 0.25) is 0 Å². The Kier molecular flexibility index (Phi) is 3.16. The van der Waals surface area contributed by atoms with E-state index in [1.54, 1.807) is 0 Å².